The first kappa shape index (κ1) is 74.6. The first-order valence-electron chi connectivity index (χ1n) is 27.4. The average Bonchev–Trinajstić information content (AvgIpc) is 3.63. The number of fused-ring (bicyclic) bond motifs is 1. The molecule has 1 amide bonds. The van der Waals surface area contributed by atoms with Crippen LogP contribution >= 0.6 is 0 Å². The summed E-state index contributed by atoms with van der Waals surface area (Å²) in [6.45, 7) is 49.9. The van der Waals surface area contributed by atoms with Gasteiger partial charge in [-0.25, -0.2) is 5.43 Å². The van der Waals surface area contributed by atoms with Crippen molar-refractivity contribution in [3.8, 4) is 0 Å². The summed E-state index contributed by atoms with van der Waals surface area (Å²) in [6.07, 6.45) is 20.5. The summed E-state index contributed by atoms with van der Waals surface area (Å²) in [5.74, 6) is -0.0723. The molecular formula is C57H119N3O5. The van der Waals surface area contributed by atoms with Gasteiger partial charge in [-0.3, -0.25) is 24.6 Å². The predicted octanol–water partition coefficient (Wildman–Crippen LogP) is 16.1. The van der Waals surface area contributed by atoms with Crippen molar-refractivity contribution in [2.24, 2.45) is 51.6 Å². The molecule has 3 rings (SSSR count). The zero-order valence-electron chi connectivity index (χ0n) is 48.4. The van der Waals surface area contributed by atoms with E-state index in [2.05, 4.69) is 101 Å². The van der Waals surface area contributed by atoms with Gasteiger partial charge < -0.3 is 10.5 Å². The summed E-state index contributed by atoms with van der Waals surface area (Å²) in [4.78, 5) is 57.6. The van der Waals surface area contributed by atoms with Gasteiger partial charge in [0.15, 0.2) is 5.78 Å². The van der Waals surface area contributed by atoms with Gasteiger partial charge in [0.1, 0.15) is 12.1 Å². The van der Waals surface area contributed by atoms with Gasteiger partial charge in [0, 0.05) is 23.3 Å². The summed E-state index contributed by atoms with van der Waals surface area (Å²) < 4.78 is 0. The lowest BCUT2D eigenvalue weighted by Crippen LogP contribution is -2.62. The van der Waals surface area contributed by atoms with Crippen LogP contribution in [0, 0.1) is 45.8 Å². The number of carbonyl (C=O) groups excluding carboxylic acids is 5. The zero-order chi connectivity index (χ0) is 52.6. The quantitative estimate of drug-likeness (QED) is 0.0628. The standard InChI is InChI=1S/C29H52N2O2.C9H17NO2.C5H12.C4H10.C2H4O.4C2H6/c1-8-12-16-27(6,9-2)26(30-31-29(11-4)17-14-13-15-18-29)25(33)21-19-22-24(23(21)20(5)32)28(22,7)10-3;1-3-5-6-7(4-2)8(11)9(10)12;1-5(2,3)4;1-3-4-2;1-2-3;4*1-2/h21-24,26,30-31H,8-19H2,1-7H3;7H,3-6H2,1-2H3,(H2,10,12);1-4H3;3-4H2,1-2H3;2H,1H3;4*1-2H3/t21?,22-,23-,24-,26?,27?,28?;7-;;;;;;;/m00......./s1. The number of carbonyl (C=O) groups is 5. The Morgan fingerprint density at radius 1 is 0.738 bits per heavy atom. The second kappa shape index (κ2) is 43.4. The van der Waals surface area contributed by atoms with E-state index in [1.165, 1.54) is 51.9 Å². The monoisotopic (exact) mass is 926 g/mol. The second-order valence-electron chi connectivity index (χ2n) is 19.6. The number of primary amides is 1. The first-order valence-corrected chi connectivity index (χ1v) is 27.4. The van der Waals surface area contributed by atoms with Crippen LogP contribution in [0.4, 0.5) is 0 Å². The Balaban J connectivity index is -0.000000223. The molecule has 65 heavy (non-hydrogen) atoms. The molecular weight excluding hydrogens is 807 g/mol. The zero-order valence-corrected chi connectivity index (χ0v) is 48.4. The minimum atomic E-state index is -0.794. The molecule has 3 aliphatic rings. The van der Waals surface area contributed by atoms with Crippen molar-refractivity contribution < 1.29 is 24.0 Å². The number of ketones is 3. The maximum absolute atomic E-state index is 14.3. The van der Waals surface area contributed by atoms with Crippen LogP contribution in [0.2, 0.25) is 0 Å². The van der Waals surface area contributed by atoms with Gasteiger partial charge in [0.2, 0.25) is 5.78 Å². The Labute approximate surface area is 407 Å². The van der Waals surface area contributed by atoms with E-state index in [1.807, 2.05) is 62.3 Å². The van der Waals surface area contributed by atoms with Crippen LogP contribution in [-0.2, 0) is 24.0 Å². The van der Waals surface area contributed by atoms with Crippen molar-refractivity contribution in [2.75, 3.05) is 0 Å². The number of aldehydes is 1. The van der Waals surface area contributed by atoms with E-state index >= 15 is 0 Å². The van der Waals surface area contributed by atoms with Crippen LogP contribution in [0.1, 0.15) is 282 Å². The largest absolute Gasteiger partial charge is 0.363 e. The number of hydrogen-bond donors (Lipinski definition) is 3. The third-order valence-electron chi connectivity index (χ3n) is 13.2. The normalized spacial score (nSPS) is 22.3. The lowest BCUT2D eigenvalue weighted by molar-refractivity contribution is -0.138. The van der Waals surface area contributed by atoms with Crippen molar-refractivity contribution in [2.45, 2.75) is 293 Å². The minimum Gasteiger partial charge on any atom is -0.363 e. The minimum absolute atomic E-state index is 0.0844. The maximum atomic E-state index is 14.3. The van der Waals surface area contributed by atoms with E-state index in [9.17, 15) is 19.2 Å². The van der Waals surface area contributed by atoms with Crippen LogP contribution in [-0.4, -0.2) is 41.1 Å². The number of nitrogens with two attached hydrogens (primary N) is 1. The Hall–Kier alpha value is -1.93. The molecule has 4 N–H and O–H groups in total. The van der Waals surface area contributed by atoms with E-state index in [0.717, 1.165) is 70.5 Å². The summed E-state index contributed by atoms with van der Waals surface area (Å²) >= 11 is 0. The number of nitrogens with one attached hydrogen (secondary N) is 2. The molecule has 8 heteroatoms. The van der Waals surface area contributed by atoms with Crippen LogP contribution in [0.25, 0.3) is 0 Å². The molecule has 0 radical (unpaired) electrons. The molecule has 392 valence electrons. The van der Waals surface area contributed by atoms with Crippen LogP contribution < -0.4 is 16.6 Å². The predicted molar refractivity (Wildman–Crippen MR) is 287 cm³/mol. The number of hydrogen-bond acceptors (Lipinski definition) is 7. The fourth-order valence-corrected chi connectivity index (χ4v) is 8.88. The molecule has 3 fully saturated rings. The molecule has 3 saturated carbocycles. The first-order chi connectivity index (χ1) is 30.6. The van der Waals surface area contributed by atoms with Gasteiger partial charge in [-0.2, -0.15) is 0 Å². The molecule has 3 aliphatic carbocycles. The molecule has 8 atom stereocenters. The van der Waals surface area contributed by atoms with E-state index in [1.54, 1.807) is 6.92 Å². The second-order valence-corrected chi connectivity index (χ2v) is 19.6. The van der Waals surface area contributed by atoms with Crippen LogP contribution in [0.3, 0.4) is 0 Å². The number of unbranched alkanes of at least 4 members (excludes halogenated alkanes) is 3. The maximum Gasteiger partial charge on any atom is 0.285 e. The van der Waals surface area contributed by atoms with Gasteiger partial charge >= 0.3 is 0 Å². The van der Waals surface area contributed by atoms with E-state index in [-0.39, 0.29) is 45.9 Å². The smallest absolute Gasteiger partial charge is 0.285 e. The molecule has 8 nitrogen and oxygen atoms in total. The molecule has 0 saturated heterocycles. The number of hydrazine groups is 1. The molecule has 0 aliphatic heterocycles. The summed E-state index contributed by atoms with van der Waals surface area (Å²) in [5, 5.41) is 0. The fraction of sp³-hybridized carbons (Fsp3) is 0.912. The number of rotatable bonds is 20. The number of amides is 1. The molecule has 0 heterocycles. The summed E-state index contributed by atoms with van der Waals surface area (Å²) in [5.41, 5.74) is 13.1. The Bertz CT molecular complexity index is 1150. The highest BCUT2D eigenvalue weighted by molar-refractivity contribution is 6.36. The molecule has 0 aromatic heterocycles. The SMILES string of the molecule is CC.CC.CC.CC.CC(C)(C)C.CC=O.CCCC.CCCCC(C)(CC)C(NNC1(CC)CCCCC1)C(=O)C1C[C@H]2[C@@H]([C@H]1C(C)=O)C2(C)CC.CCCC[C@H](CC)C(=O)C(N)=O. The van der Waals surface area contributed by atoms with E-state index in [0.29, 0.717) is 29.5 Å². The van der Waals surface area contributed by atoms with Gasteiger partial charge in [0.25, 0.3) is 5.91 Å². The van der Waals surface area contributed by atoms with Gasteiger partial charge in [-0.1, -0.05) is 217 Å². The summed E-state index contributed by atoms with van der Waals surface area (Å²) in [6, 6.07) is -0.239. The van der Waals surface area contributed by atoms with Gasteiger partial charge in [0.05, 0.1) is 6.04 Å². The molecule has 4 unspecified atom stereocenters. The molecule has 0 aromatic carbocycles. The van der Waals surface area contributed by atoms with Crippen LogP contribution in [0.15, 0.2) is 0 Å². The molecule has 0 aromatic rings. The average molecular weight is 927 g/mol. The van der Waals surface area contributed by atoms with Crippen LogP contribution in [0.5, 0.6) is 0 Å². The van der Waals surface area contributed by atoms with Gasteiger partial charge in [-0.15, -0.1) is 0 Å². The number of Topliss-reactive ketones (excluding diaryl/α,β-unsaturated/α-hetero) is 3. The van der Waals surface area contributed by atoms with Crippen molar-refractivity contribution in [1.29, 1.82) is 0 Å². The lowest BCUT2D eigenvalue weighted by Gasteiger charge is -2.44. The highest BCUT2D eigenvalue weighted by Crippen LogP contribution is 2.72. The third-order valence-corrected chi connectivity index (χ3v) is 13.2. The molecule has 0 spiro atoms. The summed E-state index contributed by atoms with van der Waals surface area (Å²) in [7, 11) is 0. The van der Waals surface area contributed by atoms with E-state index in [4.69, 9.17) is 10.5 Å². The Morgan fingerprint density at radius 2 is 1.18 bits per heavy atom. The van der Waals surface area contributed by atoms with Crippen molar-refractivity contribution >= 4 is 29.5 Å². The Kier molecular flexibility index (Phi) is 49.8. The highest BCUT2D eigenvalue weighted by atomic mass is 16.2. The van der Waals surface area contributed by atoms with E-state index < -0.39 is 11.7 Å². The van der Waals surface area contributed by atoms with Gasteiger partial charge in [-0.05, 0) is 93.3 Å². The van der Waals surface area contributed by atoms with Crippen molar-refractivity contribution in [1.82, 2.24) is 10.9 Å². The third kappa shape index (κ3) is 29.5. The highest BCUT2D eigenvalue weighted by Gasteiger charge is 2.70. The van der Waals surface area contributed by atoms with Crippen molar-refractivity contribution in [3.63, 3.8) is 0 Å². The molecule has 0 bridgehead atoms. The van der Waals surface area contributed by atoms with Crippen molar-refractivity contribution in [3.05, 3.63) is 0 Å². The lowest BCUT2D eigenvalue weighted by atomic mass is 9.69. The fourth-order valence-electron chi connectivity index (χ4n) is 8.88. The Morgan fingerprint density at radius 3 is 1.51 bits per heavy atom. The topological polar surface area (TPSA) is 135 Å².